The first-order valence-corrected chi connectivity index (χ1v) is 10.0. The zero-order chi connectivity index (χ0) is 18.6. The molecule has 4 heteroatoms. The molecule has 0 N–H and O–H groups in total. The molecule has 0 unspecified atom stereocenters. The zero-order valence-electron chi connectivity index (χ0n) is 16.0. The molecule has 2 aromatic carbocycles. The Hall–Kier alpha value is -2.33. The fourth-order valence-electron chi connectivity index (χ4n) is 4.20. The molecule has 27 heavy (non-hydrogen) atoms. The van der Waals surface area contributed by atoms with Gasteiger partial charge in [-0.25, -0.2) is 0 Å². The van der Waals surface area contributed by atoms with Crippen molar-refractivity contribution in [1.82, 2.24) is 9.80 Å². The maximum atomic E-state index is 12.6. The number of nitrogens with zero attached hydrogens (tertiary/aromatic N) is 2. The lowest BCUT2D eigenvalue weighted by atomic mass is 10.1. The second-order valence-corrected chi connectivity index (χ2v) is 7.66. The van der Waals surface area contributed by atoms with Crippen LogP contribution in [0.3, 0.4) is 0 Å². The Morgan fingerprint density at radius 2 is 1.81 bits per heavy atom. The molecule has 142 valence electrons. The van der Waals surface area contributed by atoms with E-state index in [2.05, 4.69) is 46.2 Å². The molecule has 0 bridgehead atoms. The molecule has 4 nitrogen and oxygen atoms in total. The minimum atomic E-state index is -0.0267. The first-order valence-electron chi connectivity index (χ1n) is 10.0. The standard InChI is InChI=1S/C23H28N2O2/c1-18-23(26)25-14-5-8-21(25)17-24(18)16-20-9-11-22(12-10-20)27-15-13-19-6-3-2-4-7-19/h2-4,6-7,9-12,18,21H,5,8,13-17H2,1H3/t18-,21-/m0/s1. The summed E-state index contributed by atoms with van der Waals surface area (Å²) in [4.78, 5) is 17.0. The Labute approximate surface area is 161 Å². The van der Waals surface area contributed by atoms with Crippen molar-refractivity contribution in [2.45, 2.75) is 44.8 Å². The lowest BCUT2D eigenvalue weighted by molar-refractivity contribution is -0.143. The Morgan fingerprint density at radius 3 is 2.59 bits per heavy atom. The van der Waals surface area contributed by atoms with Gasteiger partial charge in [-0.1, -0.05) is 42.5 Å². The first kappa shape index (κ1) is 18.1. The maximum Gasteiger partial charge on any atom is 0.239 e. The summed E-state index contributed by atoms with van der Waals surface area (Å²) in [7, 11) is 0. The summed E-state index contributed by atoms with van der Waals surface area (Å²) in [5.41, 5.74) is 2.52. The molecule has 2 heterocycles. The summed E-state index contributed by atoms with van der Waals surface area (Å²) in [6.45, 7) is 5.47. The number of hydrogen-bond acceptors (Lipinski definition) is 3. The monoisotopic (exact) mass is 364 g/mol. The molecule has 0 aromatic heterocycles. The van der Waals surface area contributed by atoms with Crippen molar-refractivity contribution in [2.75, 3.05) is 19.7 Å². The summed E-state index contributed by atoms with van der Waals surface area (Å²) in [5.74, 6) is 1.20. The van der Waals surface area contributed by atoms with E-state index in [9.17, 15) is 4.79 Å². The molecule has 0 spiro atoms. The SMILES string of the molecule is C[C@H]1C(=O)N2CCC[C@H]2CN1Cc1ccc(OCCc2ccccc2)cc1. The molecule has 2 saturated heterocycles. The van der Waals surface area contributed by atoms with Crippen LogP contribution in [0.15, 0.2) is 54.6 Å². The van der Waals surface area contributed by atoms with E-state index in [1.165, 1.54) is 11.1 Å². The molecule has 0 aliphatic carbocycles. The summed E-state index contributed by atoms with van der Waals surface area (Å²) in [5, 5.41) is 0. The second kappa shape index (κ2) is 8.13. The summed E-state index contributed by atoms with van der Waals surface area (Å²) in [6, 6.07) is 19.1. The van der Waals surface area contributed by atoms with Crippen LogP contribution in [0.5, 0.6) is 5.75 Å². The number of carbonyl (C=O) groups excluding carboxylic acids is 1. The Balaban J connectivity index is 1.30. The first-order chi connectivity index (χ1) is 13.2. The van der Waals surface area contributed by atoms with Gasteiger partial charge in [0, 0.05) is 32.1 Å². The number of ether oxygens (including phenoxy) is 1. The molecule has 2 aromatic rings. The lowest BCUT2D eigenvalue weighted by Crippen LogP contribution is -2.58. The minimum Gasteiger partial charge on any atom is -0.493 e. The van der Waals surface area contributed by atoms with Crippen LogP contribution in [0.4, 0.5) is 0 Å². The van der Waals surface area contributed by atoms with Crippen molar-refractivity contribution in [3.8, 4) is 5.75 Å². The van der Waals surface area contributed by atoms with Gasteiger partial charge in [0.05, 0.1) is 12.6 Å². The highest BCUT2D eigenvalue weighted by Gasteiger charge is 2.39. The van der Waals surface area contributed by atoms with E-state index in [1.807, 2.05) is 25.1 Å². The van der Waals surface area contributed by atoms with Crippen molar-refractivity contribution >= 4 is 5.91 Å². The van der Waals surface area contributed by atoms with E-state index >= 15 is 0 Å². The van der Waals surface area contributed by atoms with Crippen molar-refractivity contribution in [3.63, 3.8) is 0 Å². The summed E-state index contributed by atoms with van der Waals surface area (Å²) < 4.78 is 5.88. The number of fused-ring (bicyclic) bond motifs is 1. The predicted molar refractivity (Wildman–Crippen MR) is 107 cm³/mol. The quantitative estimate of drug-likeness (QED) is 0.786. The van der Waals surface area contributed by atoms with Crippen LogP contribution >= 0.6 is 0 Å². The van der Waals surface area contributed by atoms with E-state index in [0.29, 0.717) is 18.6 Å². The lowest BCUT2D eigenvalue weighted by Gasteiger charge is -2.41. The zero-order valence-corrected chi connectivity index (χ0v) is 16.0. The van der Waals surface area contributed by atoms with E-state index in [1.54, 1.807) is 0 Å². The molecule has 1 amide bonds. The van der Waals surface area contributed by atoms with E-state index in [0.717, 1.165) is 44.6 Å². The van der Waals surface area contributed by atoms with Crippen LogP contribution in [0.1, 0.15) is 30.9 Å². The number of hydrogen-bond donors (Lipinski definition) is 0. The van der Waals surface area contributed by atoms with Gasteiger partial charge in [0.2, 0.25) is 5.91 Å². The van der Waals surface area contributed by atoms with Gasteiger partial charge >= 0.3 is 0 Å². The normalized spacial score (nSPS) is 22.7. The number of carbonyl (C=O) groups is 1. The maximum absolute atomic E-state index is 12.6. The van der Waals surface area contributed by atoms with Gasteiger partial charge in [-0.05, 0) is 43.0 Å². The van der Waals surface area contributed by atoms with Gasteiger partial charge in [0.1, 0.15) is 5.75 Å². The van der Waals surface area contributed by atoms with Gasteiger partial charge in [-0.3, -0.25) is 9.69 Å². The van der Waals surface area contributed by atoms with E-state index < -0.39 is 0 Å². The highest BCUT2D eigenvalue weighted by atomic mass is 16.5. The Bertz CT molecular complexity index is 760. The molecule has 2 aliphatic rings. The molecule has 0 radical (unpaired) electrons. The van der Waals surface area contributed by atoms with Crippen LogP contribution < -0.4 is 4.74 Å². The summed E-state index contributed by atoms with van der Waals surface area (Å²) in [6.07, 6.45) is 3.20. The molecular formula is C23H28N2O2. The smallest absolute Gasteiger partial charge is 0.239 e. The third-order valence-electron chi connectivity index (χ3n) is 5.82. The van der Waals surface area contributed by atoms with Crippen molar-refractivity contribution in [2.24, 2.45) is 0 Å². The van der Waals surface area contributed by atoms with Crippen LogP contribution in [0, 0.1) is 0 Å². The molecule has 0 saturated carbocycles. The molecule has 2 fully saturated rings. The van der Waals surface area contributed by atoms with Crippen molar-refractivity contribution in [3.05, 3.63) is 65.7 Å². The van der Waals surface area contributed by atoms with Gasteiger partial charge in [0.15, 0.2) is 0 Å². The van der Waals surface area contributed by atoms with Crippen LogP contribution in [0.2, 0.25) is 0 Å². The van der Waals surface area contributed by atoms with E-state index in [4.69, 9.17) is 4.74 Å². The topological polar surface area (TPSA) is 32.8 Å². The Kier molecular flexibility index (Phi) is 5.44. The van der Waals surface area contributed by atoms with Crippen LogP contribution in [-0.2, 0) is 17.8 Å². The van der Waals surface area contributed by atoms with Crippen LogP contribution in [-0.4, -0.2) is 47.5 Å². The van der Waals surface area contributed by atoms with Gasteiger partial charge < -0.3 is 9.64 Å². The van der Waals surface area contributed by atoms with Gasteiger partial charge in [-0.15, -0.1) is 0 Å². The highest BCUT2D eigenvalue weighted by molar-refractivity contribution is 5.83. The van der Waals surface area contributed by atoms with Crippen molar-refractivity contribution in [1.29, 1.82) is 0 Å². The number of benzene rings is 2. The molecular weight excluding hydrogens is 336 g/mol. The largest absolute Gasteiger partial charge is 0.493 e. The third kappa shape index (κ3) is 4.16. The van der Waals surface area contributed by atoms with Gasteiger partial charge in [-0.2, -0.15) is 0 Å². The number of piperazine rings is 1. The summed E-state index contributed by atoms with van der Waals surface area (Å²) >= 11 is 0. The Morgan fingerprint density at radius 1 is 1.04 bits per heavy atom. The van der Waals surface area contributed by atoms with Crippen molar-refractivity contribution < 1.29 is 9.53 Å². The number of rotatable bonds is 6. The highest BCUT2D eigenvalue weighted by Crippen LogP contribution is 2.27. The average Bonchev–Trinajstić information content (AvgIpc) is 3.17. The van der Waals surface area contributed by atoms with E-state index in [-0.39, 0.29) is 6.04 Å². The molecule has 4 rings (SSSR count). The minimum absolute atomic E-state index is 0.0267. The van der Waals surface area contributed by atoms with Gasteiger partial charge in [0.25, 0.3) is 0 Å². The second-order valence-electron chi connectivity index (χ2n) is 7.66. The predicted octanol–water partition coefficient (Wildman–Crippen LogP) is 3.50. The fourth-order valence-corrected chi connectivity index (χ4v) is 4.20. The fraction of sp³-hybridized carbons (Fsp3) is 0.435. The third-order valence-corrected chi connectivity index (χ3v) is 5.82. The van der Waals surface area contributed by atoms with Crippen LogP contribution in [0.25, 0.3) is 0 Å². The molecule has 2 aliphatic heterocycles. The number of amides is 1. The molecule has 2 atom stereocenters. The average molecular weight is 364 g/mol.